The van der Waals surface area contributed by atoms with Crippen molar-refractivity contribution in [1.29, 1.82) is 0 Å². The summed E-state index contributed by atoms with van der Waals surface area (Å²) in [4.78, 5) is 35.1. The van der Waals surface area contributed by atoms with E-state index in [0.717, 1.165) is 31.5 Å². The Hall–Kier alpha value is -2.81. The molecule has 0 bridgehead atoms. The summed E-state index contributed by atoms with van der Waals surface area (Å²) in [6, 6.07) is 6.53. The van der Waals surface area contributed by atoms with Gasteiger partial charge in [-0.1, -0.05) is 19.1 Å². The van der Waals surface area contributed by atoms with Gasteiger partial charge in [-0.2, -0.15) is 0 Å². The molecule has 9 heteroatoms. The average Bonchev–Trinajstić information content (AvgIpc) is 3.10. The molecular weight excluding hydrogens is 398 g/mol. The number of carbonyl (C=O) groups excluding carboxylic acids is 2. The summed E-state index contributed by atoms with van der Waals surface area (Å²) >= 11 is 0. The van der Waals surface area contributed by atoms with Gasteiger partial charge in [-0.05, 0) is 43.4 Å². The number of fused-ring (bicyclic) bond motifs is 1. The van der Waals surface area contributed by atoms with Crippen LogP contribution in [0, 0.1) is 12.8 Å². The summed E-state index contributed by atoms with van der Waals surface area (Å²) in [7, 11) is 1.64. The maximum absolute atomic E-state index is 12.7. The van der Waals surface area contributed by atoms with Gasteiger partial charge in [0.2, 0.25) is 0 Å². The lowest BCUT2D eigenvalue weighted by atomic mass is 10.0. The van der Waals surface area contributed by atoms with Gasteiger partial charge in [-0.25, -0.2) is 9.79 Å². The van der Waals surface area contributed by atoms with E-state index in [-0.39, 0.29) is 19.1 Å². The van der Waals surface area contributed by atoms with E-state index in [9.17, 15) is 14.7 Å². The molecule has 0 saturated carbocycles. The summed E-state index contributed by atoms with van der Waals surface area (Å²) in [5.41, 5.74) is 1.08. The standard InChI is InChI=1S/C22H31N5O4/c1-14-6-4-8-17(10-14)31-13-16(28)12-27-18-19(25(3)22(30)24-20(18)29)23-21(27)26-9-5-7-15(2)11-26/h4,6,8,10,15-16,18-19,28H,5,7,9,11-13H2,1-3H3,(H,24,29,30). The Bertz CT molecular complexity index is 875. The maximum atomic E-state index is 12.7. The normalized spacial score (nSPS) is 27.0. The number of urea groups is 1. The zero-order chi connectivity index (χ0) is 22.1. The summed E-state index contributed by atoms with van der Waals surface area (Å²) in [5, 5.41) is 13.2. The molecule has 4 atom stereocenters. The highest BCUT2D eigenvalue weighted by Gasteiger charge is 2.50. The van der Waals surface area contributed by atoms with E-state index < -0.39 is 24.3 Å². The van der Waals surface area contributed by atoms with Crippen LogP contribution in [0.3, 0.4) is 0 Å². The third-order valence-electron chi connectivity index (χ3n) is 6.12. The Morgan fingerprint density at radius 3 is 2.90 bits per heavy atom. The molecule has 4 unspecified atom stereocenters. The number of benzene rings is 1. The molecule has 0 aliphatic carbocycles. The van der Waals surface area contributed by atoms with Crippen LogP contribution >= 0.6 is 0 Å². The Balaban J connectivity index is 1.51. The SMILES string of the molecule is Cc1cccc(OCC(O)CN2C(N3CCCC(C)C3)=NC3C2C(=O)NC(=O)N3C)c1. The minimum atomic E-state index is -0.831. The highest BCUT2D eigenvalue weighted by Crippen LogP contribution is 2.28. The molecule has 0 aromatic heterocycles. The summed E-state index contributed by atoms with van der Waals surface area (Å²) in [5.74, 6) is 1.50. The Morgan fingerprint density at radius 2 is 2.16 bits per heavy atom. The van der Waals surface area contributed by atoms with Crippen molar-refractivity contribution < 1.29 is 19.4 Å². The van der Waals surface area contributed by atoms with Crippen molar-refractivity contribution in [2.75, 3.05) is 33.3 Å². The fraction of sp³-hybridized carbons (Fsp3) is 0.591. The summed E-state index contributed by atoms with van der Waals surface area (Å²) < 4.78 is 5.76. The molecular formula is C22H31N5O4. The Labute approximate surface area is 182 Å². The number of aliphatic imine (C=N–C) groups is 1. The first-order chi connectivity index (χ1) is 14.8. The topological polar surface area (TPSA) is 97.7 Å². The highest BCUT2D eigenvalue weighted by molar-refractivity contribution is 6.03. The van der Waals surface area contributed by atoms with Crippen molar-refractivity contribution >= 4 is 17.9 Å². The quantitative estimate of drug-likeness (QED) is 0.725. The molecule has 2 fully saturated rings. The summed E-state index contributed by atoms with van der Waals surface area (Å²) in [6.45, 7) is 6.14. The highest BCUT2D eigenvalue weighted by atomic mass is 16.5. The smallest absolute Gasteiger partial charge is 0.325 e. The van der Waals surface area contributed by atoms with E-state index in [1.165, 1.54) is 4.90 Å². The van der Waals surface area contributed by atoms with Crippen LogP contribution in [0.25, 0.3) is 0 Å². The molecule has 0 radical (unpaired) electrons. The van der Waals surface area contributed by atoms with Gasteiger partial charge >= 0.3 is 6.03 Å². The van der Waals surface area contributed by atoms with Gasteiger partial charge in [-0.3, -0.25) is 10.1 Å². The van der Waals surface area contributed by atoms with E-state index in [4.69, 9.17) is 9.73 Å². The van der Waals surface area contributed by atoms with Crippen molar-refractivity contribution in [2.45, 2.75) is 45.0 Å². The molecule has 0 spiro atoms. The number of piperidine rings is 1. The summed E-state index contributed by atoms with van der Waals surface area (Å²) in [6.07, 6.45) is 0.770. The second kappa shape index (κ2) is 8.74. The van der Waals surface area contributed by atoms with Crippen LogP contribution in [-0.2, 0) is 4.79 Å². The zero-order valence-corrected chi connectivity index (χ0v) is 18.3. The number of hydrogen-bond acceptors (Lipinski definition) is 7. The predicted molar refractivity (Wildman–Crippen MR) is 116 cm³/mol. The lowest BCUT2D eigenvalue weighted by molar-refractivity contribution is -0.127. The molecule has 2 N–H and O–H groups in total. The van der Waals surface area contributed by atoms with E-state index in [1.54, 1.807) is 7.05 Å². The van der Waals surface area contributed by atoms with Gasteiger partial charge < -0.3 is 24.5 Å². The second-order valence-corrected chi connectivity index (χ2v) is 8.82. The molecule has 3 amide bonds. The first kappa shape index (κ1) is 21.4. The number of rotatable bonds is 5. The van der Waals surface area contributed by atoms with E-state index in [0.29, 0.717) is 17.6 Å². The third kappa shape index (κ3) is 4.46. The fourth-order valence-electron chi connectivity index (χ4n) is 4.52. The van der Waals surface area contributed by atoms with Gasteiger partial charge in [-0.15, -0.1) is 0 Å². The lowest BCUT2D eigenvalue weighted by Crippen LogP contribution is -2.65. The van der Waals surface area contributed by atoms with Crippen molar-refractivity contribution in [3.8, 4) is 5.75 Å². The van der Waals surface area contributed by atoms with Crippen LogP contribution in [-0.4, -0.2) is 89.3 Å². The molecule has 2 saturated heterocycles. The van der Waals surface area contributed by atoms with Crippen molar-refractivity contribution in [3.63, 3.8) is 0 Å². The van der Waals surface area contributed by atoms with Gasteiger partial charge in [0.1, 0.15) is 18.5 Å². The fourth-order valence-corrected chi connectivity index (χ4v) is 4.52. The van der Waals surface area contributed by atoms with Crippen molar-refractivity contribution in [2.24, 2.45) is 10.9 Å². The number of β-amino-alcohol motifs (C(OH)–C–C–N with tert-alkyl or cyclic N) is 1. The number of nitrogens with one attached hydrogen (secondary N) is 1. The molecule has 168 valence electrons. The van der Waals surface area contributed by atoms with Gasteiger partial charge in [0.05, 0.1) is 6.54 Å². The molecule has 9 nitrogen and oxygen atoms in total. The van der Waals surface area contributed by atoms with Gasteiger partial charge in [0.25, 0.3) is 5.91 Å². The number of guanidine groups is 1. The van der Waals surface area contributed by atoms with E-state index in [1.807, 2.05) is 36.1 Å². The number of likely N-dealkylation sites (N-methyl/N-ethyl adjacent to an activating group) is 1. The molecule has 1 aromatic rings. The number of imide groups is 1. The van der Waals surface area contributed by atoms with Crippen molar-refractivity contribution in [3.05, 3.63) is 29.8 Å². The van der Waals surface area contributed by atoms with Crippen LogP contribution < -0.4 is 10.1 Å². The number of carbonyl (C=O) groups is 2. The lowest BCUT2D eigenvalue weighted by Gasteiger charge is -2.40. The Morgan fingerprint density at radius 1 is 1.35 bits per heavy atom. The first-order valence-corrected chi connectivity index (χ1v) is 10.9. The Kier molecular flexibility index (Phi) is 6.04. The zero-order valence-electron chi connectivity index (χ0n) is 18.3. The average molecular weight is 430 g/mol. The van der Waals surface area contributed by atoms with E-state index >= 15 is 0 Å². The molecule has 1 aromatic carbocycles. The molecule has 3 heterocycles. The predicted octanol–water partition coefficient (Wildman–Crippen LogP) is 1.01. The van der Waals surface area contributed by atoms with Crippen LogP contribution in [0.4, 0.5) is 4.79 Å². The second-order valence-electron chi connectivity index (χ2n) is 8.82. The number of nitrogens with zero attached hydrogens (tertiary/aromatic N) is 4. The van der Waals surface area contributed by atoms with Crippen LogP contribution in [0.2, 0.25) is 0 Å². The number of ether oxygens (including phenoxy) is 1. The molecule has 3 aliphatic rings. The number of aliphatic hydroxyl groups is 1. The minimum Gasteiger partial charge on any atom is -0.491 e. The monoisotopic (exact) mass is 429 g/mol. The number of aliphatic hydroxyl groups excluding tert-OH is 1. The first-order valence-electron chi connectivity index (χ1n) is 10.9. The molecule has 4 rings (SSSR count). The largest absolute Gasteiger partial charge is 0.491 e. The van der Waals surface area contributed by atoms with Crippen molar-refractivity contribution in [1.82, 2.24) is 20.0 Å². The number of amides is 3. The van der Waals surface area contributed by atoms with Gasteiger partial charge in [0.15, 0.2) is 18.2 Å². The van der Waals surface area contributed by atoms with E-state index in [2.05, 4.69) is 17.1 Å². The molecule has 3 aliphatic heterocycles. The minimum absolute atomic E-state index is 0.0947. The van der Waals surface area contributed by atoms with Crippen LogP contribution in [0.5, 0.6) is 5.75 Å². The third-order valence-corrected chi connectivity index (χ3v) is 6.12. The number of aryl methyl sites for hydroxylation is 1. The molecule has 31 heavy (non-hydrogen) atoms. The maximum Gasteiger partial charge on any atom is 0.325 e. The van der Waals surface area contributed by atoms with Crippen LogP contribution in [0.1, 0.15) is 25.3 Å². The number of hydrogen-bond donors (Lipinski definition) is 2. The number of likely N-dealkylation sites (tertiary alicyclic amines) is 1. The van der Waals surface area contributed by atoms with Crippen LogP contribution in [0.15, 0.2) is 29.3 Å². The van der Waals surface area contributed by atoms with Gasteiger partial charge in [0, 0.05) is 20.1 Å².